The number of nitrogens with zero attached hydrogens (tertiary/aromatic N) is 4. The van der Waals surface area contributed by atoms with Gasteiger partial charge in [-0.25, -0.2) is 4.98 Å². The highest BCUT2D eigenvalue weighted by molar-refractivity contribution is 5.76. The summed E-state index contributed by atoms with van der Waals surface area (Å²) in [5.74, 6) is 0.926. The van der Waals surface area contributed by atoms with E-state index in [1.807, 2.05) is 45.0 Å². The number of hydrogen-bond donors (Lipinski definition) is 3. The number of ether oxygens (including phenoxy) is 1. The quantitative estimate of drug-likeness (QED) is 0.345. The van der Waals surface area contributed by atoms with Crippen LogP contribution in [0.5, 0.6) is 5.75 Å². The molecule has 0 radical (unpaired) electrons. The van der Waals surface area contributed by atoms with Crippen LogP contribution in [0.25, 0.3) is 23.0 Å². The number of rotatable bonds is 12. The number of anilines is 1. The van der Waals surface area contributed by atoms with Crippen molar-refractivity contribution < 1.29 is 24.3 Å². The number of amides is 1. The summed E-state index contributed by atoms with van der Waals surface area (Å²) in [4.78, 5) is 22.6. The Balaban J connectivity index is 1.81. The van der Waals surface area contributed by atoms with E-state index in [1.165, 1.54) is 0 Å². The SMILES string of the molecule is CCc1cc(-c2noc(-c3cc(N(CC)CC)cc(C)n3)n2)cc(C)c1OC[C@@H](O)CNC(=O)CO. The number of aliphatic hydroxyl groups excluding tert-OH is 2. The van der Waals surface area contributed by atoms with Crippen molar-refractivity contribution in [2.24, 2.45) is 0 Å². The predicted molar refractivity (Wildman–Crippen MR) is 137 cm³/mol. The van der Waals surface area contributed by atoms with E-state index < -0.39 is 18.6 Å². The normalized spacial score (nSPS) is 11.9. The summed E-state index contributed by atoms with van der Waals surface area (Å²) in [6, 6.07) is 7.86. The molecule has 2 heterocycles. The van der Waals surface area contributed by atoms with Gasteiger partial charge in [-0.3, -0.25) is 4.79 Å². The first kappa shape index (κ1) is 27.1. The highest BCUT2D eigenvalue weighted by Gasteiger charge is 2.18. The molecule has 10 heteroatoms. The van der Waals surface area contributed by atoms with Crippen LogP contribution in [-0.2, 0) is 11.2 Å². The lowest BCUT2D eigenvalue weighted by molar-refractivity contribution is -0.124. The second kappa shape index (κ2) is 12.5. The van der Waals surface area contributed by atoms with E-state index in [9.17, 15) is 9.90 Å². The van der Waals surface area contributed by atoms with Crippen LogP contribution >= 0.6 is 0 Å². The van der Waals surface area contributed by atoms with Crippen LogP contribution in [0.2, 0.25) is 0 Å². The Morgan fingerprint density at radius 2 is 1.89 bits per heavy atom. The van der Waals surface area contributed by atoms with E-state index in [1.54, 1.807) is 0 Å². The van der Waals surface area contributed by atoms with Crippen molar-refractivity contribution in [1.29, 1.82) is 0 Å². The van der Waals surface area contributed by atoms with Gasteiger partial charge >= 0.3 is 0 Å². The van der Waals surface area contributed by atoms with Gasteiger partial charge in [0.15, 0.2) is 0 Å². The van der Waals surface area contributed by atoms with Crippen LogP contribution in [0, 0.1) is 13.8 Å². The van der Waals surface area contributed by atoms with Gasteiger partial charge in [-0.2, -0.15) is 4.98 Å². The molecule has 0 unspecified atom stereocenters. The number of nitrogens with one attached hydrogen (secondary N) is 1. The third-order valence-electron chi connectivity index (χ3n) is 5.80. The lowest BCUT2D eigenvalue weighted by atomic mass is 10.0. The summed E-state index contributed by atoms with van der Waals surface area (Å²) >= 11 is 0. The fourth-order valence-corrected chi connectivity index (χ4v) is 3.95. The van der Waals surface area contributed by atoms with Crippen molar-refractivity contribution in [3.05, 3.63) is 41.1 Å². The molecule has 194 valence electrons. The Kier molecular flexibility index (Phi) is 9.38. The average molecular weight is 498 g/mol. The Hall–Kier alpha value is -3.50. The molecule has 1 amide bonds. The molecule has 2 aromatic heterocycles. The first-order chi connectivity index (χ1) is 17.3. The zero-order valence-electron chi connectivity index (χ0n) is 21.5. The average Bonchev–Trinajstić information content (AvgIpc) is 3.37. The van der Waals surface area contributed by atoms with Gasteiger partial charge in [0.2, 0.25) is 11.7 Å². The van der Waals surface area contributed by atoms with E-state index in [-0.39, 0.29) is 13.2 Å². The van der Waals surface area contributed by atoms with E-state index in [2.05, 4.69) is 39.2 Å². The molecule has 3 N–H and O–H groups in total. The molecule has 0 saturated carbocycles. The number of aromatic nitrogens is 3. The summed E-state index contributed by atoms with van der Waals surface area (Å²) in [7, 11) is 0. The smallest absolute Gasteiger partial charge is 0.276 e. The van der Waals surface area contributed by atoms with Gasteiger partial charge in [-0.1, -0.05) is 12.1 Å². The third-order valence-corrected chi connectivity index (χ3v) is 5.80. The highest BCUT2D eigenvalue weighted by Crippen LogP contribution is 2.31. The van der Waals surface area contributed by atoms with Gasteiger partial charge in [-0.15, -0.1) is 0 Å². The van der Waals surface area contributed by atoms with Crippen molar-refractivity contribution in [2.45, 2.75) is 47.1 Å². The van der Waals surface area contributed by atoms with Gasteiger partial charge in [0.05, 0.1) is 0 Å². The molecule has 0 aliphatic rings. The predicted octanol–water partition coefficient (Wildman–Crippen LogP) is 2.67. The maximum Gasteiger partial charge on any atom is 0.276 e. The molecule has 36 heavy (non-hydrogen) atoms. The van der Waals surface area contributed by atoms with Gasteiger partial charge < -0.3 is 29.7 Å². The Bertz CT molecular complexity index is 1180. The maximum atomic E-state index is 11.2. The van der Waals surface area contributed by atoms with Crippen LogP contribution < -0.4 is 15.0 Å². The number of hydrogen-bond acceptors (Lipinski definition) is 9. The number of pyridine rings is 1. The Morgan fingerprint density at radius 1 is 1.14 bits per heavy atom. The van der Waals surface area contributed by atoms with Crippen LogP contribution in [0.3, 0.4) is 0 Å². The lowest BCUT2D eigenvalue weighted by Crippen LogP contribution is -2.36. The van der Waals surface area contributed by atoms with Gasteiger partial charge in [-0.05, 0) is 69.5 Å². The summed E-state index contributed by atoms with van der Waals surface area (Å²) in [5, 5.41) is 25.5. The molecular formula is C26H35N5O5. The summed E-state index contributed by atoms with van der Waals surface area (Å²) in [6.45, 7) is 11.2. The molecule has 3 rings (SSSR count). The molecule has 0 bridgehead atoms. The number of benzene rings is 1. The Labute approximate surface area is 211 Å². The Morgan fingerprint density at radius 3 is 2.56 bits per heavy atom. The van der Waals surface area contributed by atoms with Crippen molar-refractivity contribution >= 4 is 11.6 Å². The van der Waals surface area contributed by atoms with Gasteiger partial charge in [0, 0.05) is 36.6 Å². The molecular weight excluding hydrogens is 462 g/mol. The second-order valence-corrected chi connectivity index (χ2v) is 8.51. The topological polar surface area (TPSA) is 134 Å². The van der Waals surface area contributed by atoms with Crippen LogP contribution in [0.4, 0.5) is 5.69 Å². The minimum absolute atomic E-state index is 0.000841. The molecule has 0 aliphatic carbocycles. The first-order valence-electron chi connectivity index (χ1n) is 12.2. The summed E-state index contributed by atoms with van der Waals surface area (Å²) < 4.78 is 11.5. The van der Waals surface area contributed by atoms with E-state index in [0.29, 0.717) is 29.6 Å². The number of aryl methyl sites for hydroxylation is 3. The molecule has 1 atom stereocenters. The fraction of sp³-hybridized carbons (Fsp3) is 0.462. The number of carbonyl (C=O) groups excluding carboxylic acids is 1. The van der Waals surface area contributed by atoms with Crippen molar-refractivity contribution in [1.82, 2.24) is 20.4 Å². The summed E-state index contributed by atoms with van der Waals surface area (Å²) in [6.07, 6.45) is -0.217. The number of carbonyl (C=O) groups is 1. The standard InChI is InChI=1S/C26H35N5O5/c1-6-18-11-19(9-16(4)24(18)35-15-21(33)13-27-23(34)14-32)25-29-26(36-30-25)22-12-20(10-17(5)28-22)31(7-2)8-3/h9-12,21,32-33H,6-8,13-15H2,1-5H3,(H,27,34)/t21-/m0/s1. The molecule has 3 aromatic rings. The lowest BCUT2D eigenvalue weighted by Gasteiger charge is -2.21. The highest BCUT2D eigenvalue weighted by atomic mass is 16.5. The summed E-state index contributed by atoms with van der Waals surface area (Å²) in [5.41, 5.74) is 5.15. The zero-order valence-corrected chi connectivity index (χ0v) is 21.5. The molecule has 0 aliphatic heterocycles. The van der Waals surface area contributed by atoms with Gasteiger partial charge in [0.1, 0.15) is 30.8 Å². The molecule has 0 fully saturated rings. The number of aliphatic hydroxyl groups is 2. The van der Waals surface area contributed by atoms with Crippen molar-refractivity contribution in [3.8, 4) is 28.7 Å². The van der Waals surface area contributed by atoms with Gasteiger partial charge in [0.25, 0.3) is 5.89 Å². The van der Waals surface area contributed by atoms with Crippen LogP contribution in [0.1, 0.15) is 37.6 Å². The minimum Gasteiger partial charge on any atom is -0.490 e. The van der Waals surface area contributed by atoms with E-state index in [0.717, 1.165) is 41.2 Å². The molecule has 0 spiro atoms. The largest absolute Gasteiger partial charge is 0.490 e. The third kappa shape index (κ3) is 6.58. The van der Waals surface area contributed by atoms with E-state index >= 15 is 0 Å². The zero-order chi connectivity index (χ0) is 26.2. The monoisotopic (exact) mass is 497 g/mol. The molecule has 1 aromatic carbocycles. The molecule has 10 nitrogen and oxygen atoms in total. The maximum absolute atomic E-state index is 11.2. The van der Waals surface area contributed by atoms with Crippen molar-refractivity contribution in [3.63, 3.8) is 0 Å². The van der Waals surface area contributed by atoms with Crippen LogP contribution in [0.15, 0.2) is 28.8 Å². The second-order valence-electron chi connectivity index (χ2n) is 8.51. The van der Waals surface area contributed by atoms with Crippen LogP contribution in [-0.4, -0.2) is 70.2 Å². The first-order valence-corrected chi connectivity index (χ1v) is 12.2. The van der Waals surface area contributed by atoms with E-state index in [4.69, 9.17) is 14.4 Å². The van der Waals surface area contributed by atoms with Crippen molar-refractivity contribution in [2.75, 3.05) is 37.7 Å². The fourth-order valence-electron chi connectivity index (χ4n) is 3.95. The molecule has 0 saturated heterocycles. The minimum atomic E-state index is -0.910.